The van der Waals surface area contributed by atoms with Crippen LogP contribution in [-0.2, 0) is 13.6 Å². The van der Waals surface area contributed by atoms with Crippen LogP contribution in [0.5, 0.6) is 0 Å². The molecule has 0 aliphatic carbocycles. The zero-order chi connectivity index (χ0) is 12.5. The summed E-state index contributed by atoms with van der Waals surface area (Å²) in [5.41, 5.74) is 1.85. The van der Waals surface area contributed by atoms with Gasteiger partial charge in [-0.25, -0.2) is 0 Å². The lowest BCUT2D eigenvalue weighted by atomic mass is 10.1. The molecule has 0 bridgehead atoms. The molecule has 5 heteroatoms. The minimum Gasteiger partial charge on any atom is -0.294 e. The molecule has 0 atom stereocenters. The van der Waals surface area contributed by atoms with Gasteiger partial charge in [0, 0.05) is 25.0 Å². The monoisotopic (exact) mass is 263 g/mol. The Morgan fingerprint density at radius 2 is 2.00 bits per heavy atom. The molecule has 1 rings (SSSR count). The molecule has 0 radical (unpaired) electrons. The van der Waals surface area contributed by atoms with Crippen LogP contribution < -0.4 is 0 Å². The highest BCUT2D eigenvalue weighted by Gasteiger charge is 2.24. The van der Waals surface area contributed by atoms with E-state index in [1.807, 2.05) is 25.7 Å². The molecule has 0 saturated heterocycles. The fourth-order valence-electron chi connectivity index (χ4n) is 1.39. The van der Waals surface area contributed by atoms with Gasteiger partial charge in [0.25, 0.3) is 0 Å². The number of halogens is 2. The number of hydrogen-bond acceptors (Lipinski definition) is 2. The predicted octanol–water partition coefficient (Wildman–Crippen LogP) is 2.83. The van der Waals surface area contributed by atoms with Gasteiger partial charge < -0.3 is 0 Å². The maximum absolute atomic E-state index is 6.21. The molecule has 1 aromatic heterocycles. The molecule has 0 fully saturated rings. The average molecular weight is 264 g/mol. The number of nitrogens with zero attached hydrogens (tertiary/aromatic N) is 3. The maximum Gasteiger partial charge on any atom is 0.0860 e. The van der Waals surface area contributed by atoms with Crippen molar-refractivity contribution in [1.29, 1.82) is 0 Å². The van der Waals surface area contributed by atoms with Crippen molar-refractivity contribution in [2.45, 2.75) is 32.9 Å². The highest BCUT2D eigenvalue weighted by molar-refractivity contribution is 6.31. The van der Waals surface area contributed by atoms with Crippen molar-refractivity contribution in [2.75, 3.05) is 12.9 Å². The highest BCUT2D eigenvalue weighted by atomic mass is 35.5. The van der Waals surface area contributed by atoms with E-state index in [2.05, 4.69) is 23.8 Å². The summed E-state index contributed by atoms with van der Waals surface area (Å²) >= 11 is 12.2. The van der Waals surface area contributed by atoms with E-state index >= 15 is 0 Å². The van der Waals surface area contributed by atoms with Gasteiger partial charge in [-0.2, -0.15) is 5.10 Å². The molecule has 0 N–H and O–H groups in total. The van der Waals surface area contributed by atoms with Crippen molar-refractivity contribution in [3.8, 4) is 0 Å². The van der Waals surface area contributed by atoms with Crippen LogP contribution in [0, 0.1) is 6.92 Å². The Bertz CT molecular complexity index is 372. The third-order valence-corrected chi connectivity index (χ3v) is 4.15. The third-order valence-electron chi connectivity index (χ3n) is 3.01. The van der Waals surface area contributed by atoms with Crippen molar-refractivity contribution in [3.63, 3.8) is 0 Å². The Hall–Kier alpha value is -0.250. The van der Waals surface area contributed by atoms with Gasteiger partial charge in [0.1, 0.15) is 0 Å². The molecule has 0 spiro atoms. The van der Waals surface area contributed by atoms with E-state index in [9.17, 15) is 0 Å². The molecular weight excluding hydrogens is 245 g/mol. The number of aromatic nitrogens is 2. The van der Waals surface area contributed by atoms with Crippen LogP contribution in [0.4, 0.5) is 0 Å². The van der Waals surface area contributed by atoms with Crippen LogP contribution in [0.3, 0.4) is 0 Å². The Kier molecular flexibility index (Phi) is 4.27. The largest absolute Gasteiger partial charge is 0.294 e. The molecule has 0 aromatic carbocycles. The van der Waals surface area contributed by atoms with E-state index < -0.39 is 0 Å². The fraction of sp³-hybridized carbons (Fsp3) is 0.727. The van der Waals surface area contributed by atoms with Crippen LogP contribution in [0.15, 0.2) is 0 Å². The van der Waals surface area contributed by atoms with E-state index in [0.29, 0.717) is 5.88 Å². The first-order valence-corrected chi connectivity index (χ1v) is 6.16. The second kappa shape index (κ2) is 4.94. The van der Waals surface area contributed by atoms with Crippen LogP contribution in [0.25, 0.3) is 0 Å². The Morgan fingerprint density at radius 1 is 1.44 bits per heavy atom. The Labute approximate surface area is 107 Å². The summed E-state index contributed by atoms with van der Waals surface area (Å²) in [7, 11) is 3.96. The molecule has 0 amide bonds. The second-order valence-electron chi connectivity index (χ2n) is 4.77. The summed E-state index contributed by atoms with van der Waals surface area (Å²) in [5, 5.41) is 5.05. The molecule has 0 aliphatic heterocycles. The zero-order valence-corrected chi connectivity index (χ0v) is 12.0. The van der Waals surface area contributed by atoms with Crippen LogP contribution in [0.1, 0.15) is 25.2 Å². The van der Waals surface area contributed by atoms with E-state index in [1.165, 1.54) is 0 Å². The first-order valence-electron chi connectivity index (χ1n) is 5.24. The predicted molar refractivity (Wildman–Crippen MR) is 69.2 cm³/mol. The quantitative estimate of drug-likeness (QED) is 0.780. The molecule has 16 heavy (non-hydrogen) atoms. The lowest BCUT2D eigenvalue weighted by molar-refractivity contribution is 0.166. The summed E-state index contributed by atoms with van der Waals surface area (Å²) in [6.45, 7) is 6.88. The zero-order valence-electron chi connectivity index (χ0n) is 10.5. The van der Waals surface area contributed by atoms with Gasteiger partial charge in [-0.3, -0.25) is 9.58 Å². The lowest BCUT2D eigenvalue weighted by Crippen LogP contribution is -2.42. The number of alkyl halides is 1. The molecule has 0 saturated carbocycles. The van der Waals surface area contributed by atoms with E-state index in [4.69, 9.17) is 23.2 Å². The minimum atomic E-state index is -0.0525. The lowest BCUT2D eigenvalue weighted by Gasteiger charge is -2.33. The van der Waals surface area contributed by atoms with Crippen LogP contribution >= 0.6 is 23.2 Å². The summed E-state index contributed by atoms with van der Waals surface area (Å²) in [5.74, 6) is 0.581. The molecule has 0 aliphatic rings. The first-order chi connectivity index (χ1) is 7.29. The maximum atomic E-state index is 6.21. The average Bonchev–Trinajstić information content (AvgIpc) is 2.45. The standard InChI is InChI=1S/C11H19Cl2N3/c1-8-10(13)9(16(5)14-8)6-15(4)11(2,3)7-12/h6-7H2,1-5H3. The SMILES string of the molecule is Cc1nn(C)c(CN(C)C(C)(C)CCl)c1Cl. The van der Waals surface area contributed by atoms with Crippen LogP contribution in [-0.4, -0.2) is 33.1 Å². The second-order valence-corrected chi connectivity index (χ2v) is 5.42. The van der Waals surface area contributed by atoms with Gasteiger partial charge in [0.2, 0.25) is 0 Å². The van der Waals surface area contributed by atoms with Crippen molar-refractivity contribution >= 4 is 23.2 Å². The normalized spacial score (nSPS) is 12.5. The number of aryl methyl sites for hydroxylation is 2. The van der Waals surface area contributed by atoms with Gasteiger partial charge in [0.15, 0.2) is 0 Å². The van der Waals surface area contributed by atoms with Crippen molar-refractivity contribution in [3.05, 3.63) is 16.4 Å². The van der Waals surface area contributed by atoms with Crippen LogP contribution in [0.2, 0.25) is 5.02 Å². The van der Waals surface area contributed by atoms with Gasteiger partial charge >= 0.3 is 0 Å². The molecular formula is C11H19Cl2N3. The number of hydrogen-bond donors (Lipinski definition) is 0. The summed E-state index contributed by atoms with van der Waals surface area (Å²) in [6.07, 6.45) is 0. The molecule has 92 valence electrons. The summed E-state index contributed by atoms with van der Waals surface area (Å²) in [6, 6.07) is 0. The van der Waals surface area contributed by atoms with Crippen molar-refractivity contribution < 1.29 is 0 Å². The smallest absolute Gasteiger partial charge is 0.0860 e. The van der Waals surface area contributed by atoms with E-state index in [0.717, 1.165) is 23.0 Å². The van der Waals surface area contributed by atoms with Gasteiger partial charge in [-0.05, 0) is 27.8 Å². The van der Waals surface area contributed by atoms with Gasteiger partial charge in [-0.15, -0.1) is 11.6 Å². The van der Waals surface area contributed by atoms with Crippen molar-refractivity contribution in [2.24, 2.45) is 7.05 Å². The first kappa shape index (κ1) is 13.8. The Balaban J connectivity index is 2.89. The minimum absolute atomic E-state index is 0.0525. The van der Waals surface area contributed by atoms with Crippen molar-refractivity contribution in [1.82, 2.24) is 14.7 Å². The fourth-order valence-corrected chi connectivity index (χ4v) is 1.82. The summed E-state index contributed by atoms with van der Waals surface area (Å²) < 4.78 is 1.83. The third kappa shape index (κ3) is 2.70. The molecule has 1 aromatic rings. The van der Waals surface area contributed by atoms with Gasteiger partial charge in [0.05, 0.1) is 16.4 Å². The highest BCUT2D eigenvalue weighted by Crippen LogP contribution is 2.23. The van der Waals surface area contributed by atoms with E-state index in [1.54, 1.807) is 0 Å². The number of rotatable bonds is 4. The molecule has 1 heterocycles. The Morgan fingerprint density at radius 3 is 2.38 bits per heavy atom. The topological polar surface area (TPSA) is 21.1 Å². The molecule has 0 unspecified atom stereocenters. The molecule has 3 nitrogen and oxygen atoms in total. The van der Waals surface area contributed by atoms with E-state index in [-0.39, 0.29) is 5.54 Å². The summed E-state index contributed by atoms with van der Waals surface area (Å²) in [4.78, 5) is 2.18. The van der Waals surface area contributed by atoms with Gasteiger partial charge in [-0.1, -0.05) is 11.6 Å².